The molecule has 0 saturated carbocycles. The van der Waals surface area contributed by atoms with E-state index >= 15 is 0 Å². The molecule has 0 N–H and O–H groups in total. The molecule has 0 atom stereocenters. The maximum absolute atomic E-state index is 5.04. The summed E-state index contributed by atoms with van der Waals surface area (Å²) in [4.78, 5) is 4.05. The van der Waals surface area contributed by atoms with Gasteiger partial charge in [0.15, 0.2) is 0 Å². The van der Waals surface area contributed by atoms with Gasteiger partial charge in [-0.05, 0) is 18.6 Å². The van der Waals surface area contributed by atoms with Crippen molar-refractivity contribution in [3.63, 3.8) is 0 Å². The number of rotatable bonds is 2. The van der Waals surface area contributed by atoms with Crippen LogP contribution in [0.15, 0.2) is 22.9 Å². The molecule has 3 heteroatoms. The van der Waals surface area contributed by atoms with E-state index in [2.05, 4.69) is 17.1 Å². The SMILES string of the molecule is CCCc1noc2ncccc12. The summed E-state index contributed by atoms with van der Waals surface area (Å²) < 4.78 is 5.04. The fourth-order valence-electron chi connectivity index (χ4n) is 1.25. The first-order chi connectivity index (χ1) is 5.92. The molecular formula is C9H10N2O. The topological polar surface area (TPSA) is 38.9 Å². The van der Waals surface area contributed by atoms with Crippen molar-refractivity contribution in [3.8, 4) is 0 Å². The van der Waals surface area contributed by atoms with Gasteiger partial charge in [0.05, 0.1) is 11.1 Å². The van der Waals surface area contributed by atoms with Crippen LogP contribution in [0.4, 0.5) is 0 Å². The highest BCUT2D eigenvalue weighted by Crippen LogP contribution is 2.16. The van der Waals surface area contributed by atoms with E-state index < -0.39 is 0 Å². The Morgan fingerprint density at radius 1 is 1.50 bits per heavy atom. The lowest BCUT2D eigenvalue weighted by molar-refractivity contribution is 0.438. The Labute approximate surface area is 70.4 Å². The van der Waals surface area contributed by atoms with Gasteiger partial charge in [-0.25, -0.2) is 4.98 Å². The standard InChI is InChI=1S/C9H10N2O/c1-2-4-8-7-5-3-6-10-9(7)12-11-8/h3,5-6H,2,4H2,1H3. The van der Waals surface area contributed by atoms with Gasteiger partial charge in [0, 0.05) is 6.20 Å². The molecule has 2 heterocycles. The van der Waals surface area contributed by atoms with Crippen molar-refractivity contribution >= 4 is 11.1 Å². The van der Waals surface area contributed by atoms with Gasteiger partial charge in [-0.1, -0.05) is 18.5 Å². The zero-order valence-electron chi connectivity index (χ0n) is 6.95. The Bertz CT molecular complexity index is 381. The van der Waals surface area contributed by atoms with E-state index in [1.165, 1.54) is 0 Å². The van der Waals surface area contributed by atoms with Crippen LogP contribution in [-0.2, 0) is 6.42 Å². The first-order valence-corrected chi connectivity index (χ1v) is 4.11. The molecule has 2 rings (SSSR count). The minimum Gasteiger partial charge on any atom is -0.336 e. The largest absolute Gasteiger partial charge is 0.336 e. The van der Waals surface area contributed by atoms with E-state index in [0.717, 1.165) is 23.9 Å². The fourth-order valence-corrected chi connectivity index (χ4v) is 1.25. The van der Waals surface area contributed by atoms with Gasteiger partial charge in [0.25, 0.3) is 5.71 Å². The quantitative estimate of drug-likeness (QED) is 0.679. The molecule has 3 nitrogen and oxygen atoms in total. The fraction of sp³-hybridized carbons (Fsp3) is 0.333. The Morgan fingerprint density at radius 2 is 2.42 bits per heavy atom. The lowest BCUT2D eigenvalue weighted by Gasteiger charge is -1.88. The molecule has 0 aliphatic rings. The van der Waals surface area contributed by atoms with Gasteiger partial charge < -0.3 is 4.52 Å². The lowest BCUT2D eigenvalue weighted by atomic mass is 10.2. The van der Waals surface area contributed by atoms with Crippen LogP contribution in [0, 0.1) is 0 Å². The minimum absolute atomic E-state index is 0.640. The van der Waals surface area contributed by atoms with Crippen molar-refractivity contribution < 1.29 is 4.52 Å². The molecule has 0 aliphatic heterocycles. The van der Waals surface area contributed by atoms with E-state index in [-0.39, 0.29) is 0 Å². The van der Waals surface area contributed by atoms with Gasteiger partial charge in [-0.15, -0.1) is 0 Å². The van der Waals surface area contributed by atoms with Crippen LogP contribution in [0.5, 0.6) is 0 Å². The summed E-state index contributed by atoms with van der Waals surface area (Å²) in [5.74, 6) is 0. The number of fused-ring (bicyclic) bond motifs is 1. The molecule has 0 fully saturated rings. The number of hydrogen-bond acceptors (Lipinski definition) is 3. The third-order valence-corrected chi connectivity index (χ3v) is 1.81. The van der Waals surface area contributed by atoms with Crippen LogP contribution in [-0.4, -0.2) is 10.1 Å². The zero-order valence-corrected chi connectivity index (χ0v) is 6.95. The van der Waals surface area contributed by atoms with Crippen LogP contribution in [0.1, 0.15) is 19.0 Å². The Balaban J connectivity index is 2.55. The van der Waals surface area contributed by atoms with Gasteiger partial charge >= 0.3 is 0 Å². The second-order valence-electron chi connectivity index (χ2n) is 2.74. The number of hydrogen-bond donors (Lipinski definition) is 0. The third-order valence-electron chi connectivity index (χ3n) is 1.81. The van der Waals surface area contributed by atoms with Crippen molar-refractivity contribution in [2.24, 2.45) is 0 Å². The summed E-state index contributed by atoms with van der Waals surface area (Å²) in [6.45, 7) is 2.12. The molecular weight excluding hydrogens is 152 g/mol. The second kappa shape index (κ2) is 2.93. The summed E-state index contributed by atoms with van der Waals surface area (Å²) >= 11 is 0. The normalized spacial score (nSPS) is 10.8. The van der Waals surface area contributed by atoms with E-state index in [0.29, 0.717) is 5.71 Å². The Morgan fingerprint density at radius 3 is 3.25 bits per heavy atom. The van der Waals surface area contributed by atoms with Crippen molar-refractivity contribution in [2.45, 2.75) is 19.8 Å². The first kappa shape index (κ1) is 7.28. The predicted octanol–water partition coefficient (Wildman–Crippen LogP) is 2.18. The maximum Gasteiger partial charge on any atom is 0.257 e. The summed E-state index contributed by atoms with van der Waals surface area (Å²) in [6, 6.07) is 3.89. The first-order valence-electron chi connectivity index (χ1n) is 4.11. The molecule has 0 aromatic carbocycles. The molecule has 0 spiro atoms. The molecule has 0 aliphatic carbocycles. The van der Waals surface area contributed by atoms with Gasteiger partial charge in [-0.3, -0.25) is 0 Å². The summed E-state index contributed by atoms with van der Waals surface area (Å²) in [5.41, 5.74) is 1.65. The van der Waals surface area contributed by atoms with Crippen molar-refractivity contribution in [3.05, 3.63) is 24.0 Å². The maximum atomic E-state index is 5.04. The minimum atomic E-state index is 0.640. The molecule has 0 unspecified atom stereocenters. The molecule has 0 saturated heterocycles. The molecule has 0 bridgehead atoms. The monoisotopic (exact) mass is 162 g/mol. The van der Waals surface area contributed by atoms with Gasteiger partial charge in [0.1, 0.15) is 0 Å². The highest BCUT2D eigenvalue weighted by atomic mass is 16.5. The van der Waals surface area contributed by atoms with Crippen LogP contribution < -0.4 is 0 Å². The summed E-state index contributed by atoms with van der Waals surface area (Å²) in [5, 5.41) is 4.99. The molecule has 62 valence electrons. The number of nitrogens with zero attached hydrogens (tertiary/aromatic N) is 2. The van der Waals surface area contributed by atoms with E-state index in [1.807, 2.05) is 12.1 Å². The van der Waals surface area contributed by atoms with Gasteiger partial charge in [-0.2, -0.15) is 0 Å². The van der Waals surface area contributed by atoms with E-state index in [1.54, 1.807) is 6.20 Å². The second-order valence-corrected chi connectivity index (χ2v) is 2.74. The smallest absolute Gasteiger partial charge is 0.257 e. The summed E-state index contributed by atoms with van der Waals surface area (Å²) in [7, 11) is 0. The van der Waals surface area contributed by atoms with Gasteiger partial charge in [0.2, 0.25) is 0 Å². The van der Waals surface area contributed by atoms with Crippen molar-refractivity contribution in [2.75, 3.05) is 0 Å². The van der Waals surface area contributed by atoms with Crippen LogP contribution in [0.2, 0.25) is 0 Å². The van der Waals surface area contributed by atoms with E-state index in [4.69, 9.17) is 4.52 Å². The van der Waals surface area contributed by atoms with Crippen LogP contribution >= 0.6 is 0 Å². The third kappa shape index (κ3) is 1.07. The predicted molar refractivity (Wildman–Crippen MR) is 45.8 cm³/mol. The van der Waals surface area contributed by atoms with Crippen molar-refractivity contribution in [1.82, 2.24) is 10.1 Å². The number of aryl methyl sites for hydroxylation is 1. The summed E-state index contributed by atoms with van der Waals surface area (Å²) in [6.07, 6.45) is 3.75. The zero-order chi connectivity index (χ0) is 8.39. The number of aromatic nitrogens is 2. The van der Waals surface area contributed by atoms with Crippen LogP contribution in [0.3, 0.4) is 0 Å². The highest BCUT2D eigenvalue weighted by molar-refractivity contribution is 5.75. The Hall–Kier alpha value is -1.38. The lowest BCUT2D eigenvalue weighted by Crippen LogP contribution is -1.82. The number of pyridine rings is 1. The molecule has 2 aromatic rings. The van der Waals surface area contributed by atoms with Crippen molar-refractivity contribution in [1.29, 1.82) is 0 Å². The molecule has 0 amide bonds. The van der Waals surface area contributed by atoms with E-state index in [9.17, 15) is 0 Å². The molecule has 2 aromatic heterocycles. The average molecular weight is 162 g/mol. The van der Waals surface area contributed by atoms with Crippen LogP contribution in [0.25, 0.3) is 11.1 Å². The Kier molecular flexibility index (Phi) is 1.78. The molecule has 12 heavy (non-hydrogen) atoms. The highest BCUT2D eigenvalue weighted by Gasteiger charge is 2.05. The average Bonchev–Trinajstić information content (AvgIpc) is 2.50. The molecule has 0 radical (unpaired) electrons.